The summed E-state index contributed by atoms with van der Waals surface area (Å²) >= 11 is 0. The van der Waals surface area contributed by atoms with Gasteiger partial charge in [0.15, 0.2) is 0 Å². The minimum absolute atomic E-state index is 0.0197. The maximum atomic E-state index is 11.7. The van der Waals surface area contributed by atoms with Crippen molar-refractivity contribution in [3.63, 3.8) is 0 Å². The average Bonchev–Trinajstić information content (AvgIpc) is 2.10. The molecule has 2 heteroatoms. The molecule has 0 aromatic rings. The van der Waals surface area contributed by atoms with Crippen molar-refractivity contribution in [2.75, 3.05) is 0 Å². The smallest absolute Gasteiger partial charge is 0.211 e. The topological polar surface area (TPSA) is 0 Å². The van der Waals surface area contributed by atoms with Crippen LogP contribution in [0.15, 0.2) is 0 Å². The first-order valence-electron chi connectivity index (χ1n) is 3.33. The summed E-state index contributed by atoms with van der Waals surface area (Å²) in [6.45, 7) is 3.96. The zero-order valence-corrected chi connectivity index (χ0v) is 5.82. The Hall–Kier alpha value is -0.140. The SMILES string of the molecule is CC1C[C@]1(C)CC(F)F. The largest absolute Gasteiger partial charge is 0.239 e. The van der Waals surface area contributed by atoms with E-state index in [-0.39, 0.29) is 11.8 Å². The van der Waals surface area contributed by atoms with E-state index in [1.54, 1.807) is 0 Å². The van der Waals surface area contributed by atoms with E-state index in [0.29, 0.717) is 5.92 Å². The summed E-state index contributed by atoms with van der Waals surface area (Å²) in [4.78, 5) is 0. The molecule has 1 aliphatic rings. The van der Waals surface area contributed by atoms with Gasteiger partial charge >= 0.3 is 0 Å². The number of hydrogen-bond donors (Lipinski definition) is 0. The van der Waals surface area contributed by atoms with E-state index in [1.165, 1.54) is 0 Å². The van der Waals surface area contributed by atoms with Crippen LogP contribution in [0.2, 0.25) is 0 Å². The van der Waals surface area contributed by atoms with E-state index in [0.717, 1.165) is 6.42 Å². The molecule has 0 aliphatic heterocycles. The normalized spacial score (nSPS) is 41.7. The van der Waals surface area contributed by atoms with Crippen LogP contribution in [0.4, 0.5) is 8.78 Å². The first kappa shape index (κ1) is 6.97. The summed E-state index contributed by atoms with van der Waals surface area (Å²) in [5.74, 6) is 0.520. The number of rotatable bonds is 2. The molecule has 0 radical (unpaired) electrons. The van der Waals surface area contributed by atoms with Crippen LogP contribution in [0.25, 0.3) is 0 Å². The molecule has 0 amide bonds. The number of halogens is 2. The Morgan fingerprint density at radius 1 is 1.67 bits per heavy atom. The lowest BCUT2D eigenvalue weighted by atomic mass is 10.0. The van der Waals surface area contributed by atoms with Gasteiger partial charge in [-0.15, -0.1) is 0 Å². The van der Waals surface area contributed by atoms with Gasteiger partial charge in [0.1, 0.15) is 0 Å². The first-order valence-corrected chi connectivity index (χ1v) is 3.33. The van der Waals surface area contributed by atoms with Gasteiger partial charge in [0, 0.05) is 6.42 Å². The van der Waals surface area contributed by atoms with Crippen LogP contribution >= 0.6 is 0 Å². The molecular weight excluding hydrogens is 122 g/mol. The lowest BCUT2D eigenvalue weighted by Crippen LogP contribution is -2.03. The third-order valence-corrected chi connectivity index (χ3v) is 2.42. The van der Waals surface area contributed by atoms with E-state index in [4.69, 9.17) is 0 Å². The maximum absolute atomic E-state index is 11.7. The summed E-state index contributed by atoms with van der Waals surface area (Å²) in [7, 11) is 0. The Morgan fingerprint density at radius 3 is 2.22 bits per heavy atom. The maximum Gasteiger partial charge on any atom is 0.239 e. The van der Waals surface area contributed by atoms with Gasteiger partial charge in [-0.25, -0.2) is 8.78 Å². The second-order valence-corrected chi connectivity index (χ2v) is 3.35. The summed E-state index contributed by atoms with van der Waals surface area (Å²) < 4.78 is 23.5. The Labute approximate surface area is 54.3 Å². The summed E-state index contributed by atoms with van der Waals surface area (Å²) in [5.41, 5.74) is -0.0197. The van der Waals surface area contributed by atoms with E-state index in [2.05, 4.69) is 0 Å². The van der Waals surface area contributed by atoms with Gasteiger partial charge in [0.05, 0.1) is 0 Å². The highest BCUT2D eigenvalue weighted by molar-refractivity contribution is 4.95. The second kappa shape index (κ2) is 1.93. The van der Waals surface area contributed by atoms with Crippen molar-refractivity contribution >= 4 is 0 Å². The van der Waals surface area contributed by atoms with Crippen LogP contribution < -0.4 is 0 Å². The molecule has 1 saturated carbocycles. The zero-order chi connectivity index (χ0) is 7.07. The van der Waals surface area contributed by atoms with Gasteiger partial charge in [-0.1, -0.05) is 13.8 Å². The van der Waals surface area contributed by atoms with Crippen LogP contribution in [-0.2, 0) is 0 Å². The summed E-state index contributed by atoms with van der Waals surface area (Å²) in [6, 6.07) is 0. The molecule has 0 saturated heterocycles. The first-order chi connectivity index (χ1) is 4.04. The van der Waals surface area contributed by atoms with E-state index < -0.39 is 6.43 Å². The quantitative estimate of drug-likeness (QED) is 0.544. The standard InChI is InChI=1S/C7H12F2/c1-5-3-7(5,2)4-6(8)9/h5-6H,3-4H2,1-2H3/t5?,7-/m1/s1. The van der Waals surface area contributed by atoms with Crippen LogP contribution in [0.3, 0.4) is 0 Å². The van der Waals surface area contributed by atoms with Crippen molar-refractivity contribution in [1.82, 2.24) is 0 Å². The highest BCUT2D eigenvalue weighted by Gasteiger charge is 2.47. The average molecular weight is 134 g/mol. The van der Waals surface area contributed by atoms with Crippen molar-refractivity contribution in [1.29, 1.82) is 0 Å². The highest BCUT2D eigenvalue weighted by atomic mass is 19.3. The van der Waals surface area contributed by atoms with Crippen LogP contribution in [0.5, 0.6) is 0 Å². The minimum Gasteiger partial charge on any atom is -0.211 e. The third-order valence-electron chi connectivity index (χ3n) is 2.42. The molecular formula is C7H12F2. The van der Waals surface area contributed by atoms with Crippen molar-refractivity contribution in [2.45, 2.75) is 33.1 Å². The number of hydrogen-bond acceptors (Lipinski definition) is 0. The molecule has 54 valence electrons. The molecule has 1 aliphatic carbocycles. The molecule has 0 spiro atoms. The van der Waals surface area contributed by atoms with E-state index in [1.807, 2.05) is 13.8 Å². The number of alkyl halides is 2. The molecule has 1 fully saturated rings. The molecule has 0 aromatic heterocycles. The van der Waals surface area contributed by atoms with Crippen molar-refractivity contribution in [3.05, 3.63) is 0 Å². The van der Waals surface area contributed by atoms with Gasteiger partial charge in [0.2, 0.25) is 6.43 Å². The third kappa shape index (κ3) is 1.41. The lowest BCUT2D eigenvalue weighted by Gasteiger charge is -2.06. The minimum atomic E-state index is -2.11. The molecule has 0 nitrogen and oxygen atoms in total. The molecule has 0 aromatic carbocycles. The Morgan fingerprint density at radius 2 is 2.11 bits per heavy atom. The molecule has 0 N–H and O–H groups in total. The highest BCUT2D eigenvalue weighted by Crippen LogP contribution is 2.55. The van der Waals surface area contributed by atoms with E-state index in [9.17, 15) is 8.78 Å². The lowest BCUT2D eigenvalue weighted by molar-refractivity contribution is 0.109. The Kier molecular flexibility index (Phi) is 1.49. The predicted molar refractivity (Wildman–Crippen MR) is 32.5 cm³/mol. The Balaban J connectivity index is 2.29. The van der Waals surface area contributed by atoms with Crippen LogP contribution in [-0.4, -0.2) is 6.43 Å². The van der Waals surface area contributed by atoms with Gasteiger partial charge in [-0.05, 0) is 17.8 Å². The molecule has 9 heavy (non-hydrogen) atoms. The predicted octanol–water partition coefficient (Wildman–Crippen LogP) is 2.69. The second-order valence-electron chi connectivity index (χ2n) is 3.35. The monoisotopic (exact) mass is 134 g/mol. The molecule has 0 heterocycles. The fraction of sp³-hybridized carbons (Fsp3) is 1.00. The van der Waals surface area contributed by atoms with Crippen LogP contribution in [0.1, 0.15) is 26.7 Å². The zero-order valence-electron chi connectivity index (χ0n) is 5.82. The van der Waals surface area contributed by atoms with Gasteiger partial charge < -0.3 is 0 Å². The molecule has 0 bridgehead atoms. The molecule has 1 unspecified atom stereocenters. The van der Waals surface area contributed by atoms with Crippen molar-refractivity contribution < 1.29 is 8.78 Å². The van der Waals surface area contributed by atoms with Gasteiger partial charge in [-0.3, -0.25) is 0 Å². The van der Waals surface area contributed by atoms with E-state index >= 15 is 0 Å². The molecule has 2 atom stereocenters. The Bertz CT molecular complexity index is 111. The fourth-order valence-corrected chi connectivity index (χ4v) is 1.28. The molecule has 1 rings (SSSR count). The summed E-state index contributed by atoms with van der Waals surface area (Å²) in [5, 5.41) is 0. The summed E-state index contributed by atoms with van der Waals surface area (Å²) in [6.07, 6.45) is -1.04. The van der Waals surface area contributed by atoms with Crippen molar-refractivity contribution in [2.24, 2.45) is 11.3 Å². The van der Waals surface area contributed by atoms with Crippen LogP contribution in [0, 0.1) is 11.3 Å². The van der Waals surface area contributed by atoms with Gasteiger partial charge in [0.25, 0.3) is 0 Å². The fourth-order valence-electron chi connectivity index (χ4n) is 1.28. The van der Waals surface area contributed by atoms with Crippen molar-refractivity contribution in [3.8, 4) is 0 Å². The van der Waals surface area contributed by atoms with Gasteiger partial charge in [-0.2, -0.15) is 0 Å².